The van der Waals surface area contributed by atoms with Crippen LogP contribution in [-0.4, -0.2) is 52.3 Å². The Morgan fingerprint density at radius 2 is 2.08 bits per heavy atom. The monoisotopic (exact) mass is 356 g/mol. The summed E-state index contributed by atoms with van der Waals surface area (Å²) in [5.74, 6) is -0.661. The Morgan fingerprint density at radius 1 is 1.42 bits per heavy atom. The molecule has 1 aromatic rings. The zero-order valence-electron chi connectivity index (χ0n) is 13.7. The number of methoxy groups -OCH3 is 1. The van der Waals surface area contributed by atoms with Gasteiger partial charge in [0.2, 0.25) is 5.91 Å². The van der Waals surface area contributed by atoms with E-state index >= 15 is 0 Å². The first kappa shape index (κ1) is 19.8. The van der Waals surface area contributed by atoms with Crippen molar-refractivity contribution in [3.63, 3.8) is 0 Å². The summed E-state index contributed by atoms with van der Waals surface area (Å²) in [4.78, 5) is 34.6. The zero-order chi connectivity index (χ0) is 18.3. The minimum absolute atomic E-state index is 0.102. The molecular formula is C15H20N2O6S. The van der Waals surface area contributed by atoms with Gasteiger partial charge in [-0.2, -0.15) is 0 Å². The summed E-state index contributed by atoms with van der Waals surface area (Å²) in [6.45, 7) is 3.15. The number of nitro benzene ring substituents is 1. The van der Waals surface area contributed by atoms with E-state index in [-0.39, 0.29) is 35.7 Å². The van der Waals surface area contributed by atoms with Crippen LogP contribution >= 0.6 is 11.8 Å². The van der Waals surface area contributed by atoms with Crippen LogP contribution in [0.2, 0.25) is 0 Å². The van der Waals surface area contributed by atoms with E-state index in [1.165, 1.54) is 35.9 Å². The van der Waals surface area contributed by atoms with Crippen molar-refractivity contribution in [3.8, 4) is 5.75 Å². The van der Waals surface area contributed by atoms with Gasteiger partial charge < -0.3 is 14.7 Å². The fourth-order valence-electron chi connectivity index (χ4n) is 2.01. The minimum Gasteiger partial charge on any atom is -0.490 e. The number of rotatable bonds is 9. The van der Waals surface area contributed by atoms with E-state index in [4.69, 9.17) is 9.84 Å². The highest BCUT2D eigenvalue weighted by molar-refractivity contribution is 7.99. The lowest BCUT2D eigenvalue weighted by Gasteiger charge is -2.24. The molecule has 1 rings (SSSR count). The lowest BCUT2D eigenvalue weighted by molar-refractivity contribution is -0.385. The number of aliphatic carboxylic acids is 1. The number of carbonyl (C=O) groups is 2. The third-order valence-corrected chi connectivity index (χ3v) is 4.17. The number of ether oxygens (including phenoxy) is 1. The molecule has 0 radical (unpaired) electrons. The SMILES string of the molecule is COc1ccc(CSCC(=O)N(CC(=O)O)C(C)C)cc1[N+](=O)[O-]. The van der Waals surface area contributed by atoms with E-state index in [2.05, 4.69) is 0 Å². The Balaban J connectivity index is 2.66. The fraction of sp³-hybridized carbons (Fsp3) is 0.467. The molecule has 0 saturated carbocycles. The van der Waals surface area contributed by atoms with Crippen molar-refractivity contribution in [2.75, 3.05) is 19.4 Å². The van der Waals surface area contributed by atoms with Crippen molar-refractivity contribution in [2.45, 2.75) is 25.6 Å². The van der Waals surface area contributed by atoms with Crippen LogP contribution in [0.4, 0.5) is 5.69 Å². The molecule has 0 unspecified atom stereocenters. The summed E-state index contributed by atoms with van der Waals surface area (Å²) in [6.07, 6.45) is 0. The first-order valence-corrected chi connectivity index (χ1v) is 8.32. The van der Waals surface area contributed by atoms with Crippen LogP contribution in [-0.2, 0) is 15.3 Å². The van der Waals surface area contributed by atoms with Crippen LogP contribution in [0.15, 0.2) is 18.2 Å². The Labute approximate surface area is 143 Å². The largest absolute Gasteiger partial charge is 0.490 e. The van der Waals surface area contributed by atoms with Gasteiger partial charge in [0.05, 0.1) is 17.8 Å². The maximum absolute atomic E-state index is 12.1. The van der Waals surface area contributed by atoms with Gasteiger partial charge in [-0.15, -0.1) is 11.8 Å². The van der Waals surface area contributed by atoms with E-state index in [1.807, 2.05) is 0 Å². The highest BCUT2D eigenvalue weighted by Crippen LogP contribution is 2.29. The quantitative estimate of drug-likeness (QED) is 0.533. The number of carboxylic acids is 1. The lowest BCUT2D eigenvalue weighted by Crippen LogP contribution is -2.41. The van der Waals surface area contributed by atoms with Gasteiger partial charge in [-0.3, -0.25) is 19.7 Å². The summed E-state index contributed by atoms with van der Waals surface area (Å²) in [6, 6.07) is 4.41. The Kier molecular flexibility index (Phi) is 7.50. The molecule has 0 aliphatic heterocycles. The van der Waals surface area contributed by atoms with Crippen molar-refractivity contribution in [2.24, 2.45) is 0 Å². The topological polar surface area (TPSA) is 110 Å². The summed E-state index contributed by atoms with van der Waals surface area (Å²) in [5, 5.41) is 19.8. The van der Waals surface area contributed by atoms with Gasteiger partial charge in [0.25, 0.3) is 0 Å². The maximum atomic E-state index is 12.1. The molecule has 1 N–H and O–H groups in total. The second kappa shape index (κ2) is 9.11. The second-order valence-corrected chi connectivity index (χ2v) is 6.25. The maximum Gasteiger partial charge on any atom is 0.323 e. The van der Waals surface area contributed by atoms with Gasteiger partial charge in [0.1, 0.15) is 6.54 Å². The number of hydrogen-bond donors (Lipinski definition) is 1. The molecule has 8 nitrogen and oxygen atoms in total. The van der Waals surface area contributed by atoms with Gasteiger partial charge in [-0.25, -0.2) is 0 Å². The molecule has 0 aliphatic carbocycles. The Bertz CT molecular complexity index is 620. The molecule has 0 bridgehead atoms. The number of amides is 1. The van der Waals surface area contributed by atoms with E-state index in [9.17, 15) is 19.7 Å². The first-order valence-electron chi connectivity index (χ1n) is 7.16. The van der Waals surface area contributed by atoms with Crippen molar-refractivity contribution < 1.29 is 24.4 Å². The first-order chi connectivity index (χ1) is 11.3. The van der Waals surface area contributed by atoms with Crippen LogP contribution in [0, 0.1) is 10.1 Å². The summed E-state index contributed by atoms with van der Waals surface area (Å²) in [7, 11) is 1.36. The van der Waals surface area contributed by atoms with E-state index in [0.29, 0.717) is 11.3 Å². The van der Waals surface area contributed by atoms with Crippen LogP contribution in [0.3, 0.4) is 0 Å². The molecule has 0 aromatic heterocycles. The van der Waals surface area contributed by atoms with Crippen molar-refractivity contribution in [1.82, 2.24) is 4.90 Å². The third kappa shape index (κ3) is 5.73. The van der Waals surface area contributed by atoms with Gasteiger partial charge in [0, 0.05) is 17.9 Å². The highest BCUT2D eigenvalue weighted by atomic mass is 32.2. The molecule has 9 heteroatoms. The van der Waals surface area contributed by atoms with E-state index in [0.717, 1.165) is 0 Å². The molecule has 0 fully saturated rings. The van der Waals surface area contributed by atoms with E-state index < -0.39 is 10.9 Å². The predicted molar refractivity (Wildman–Crippen MR) is 90.3 cm³/mol. The van der Waals surface area contributed by atoms with Gasteiger partial charge in [0.15, 0.2) is 5.75 Å². The molecule has 0 heterocycles. The van der Waals surface area contributed by atoms with E-state index in [1.54, 1.807) is 19.9 Å². The molecule has 0 atom stereocenters. The lowest BCUT2D eigenvalue weighted by atomic mass is 10.2. The smallest absolute Gasteiger partial charge is 0.323 e. The highest BCUT2D eigenvalue weighted by Gasteiger charge is 2.20. The normalized spacial score (nSPS) is 10.5. The third-order valence-electron chi connectivity index (χ3n) is 3.18. The molecule has 0 spiro atoms. The molecule has 24 heavy (non-hydrogen) atoms. The van der Waals surface area contributed by atoms with Crippen LogP contribution in [0.25, 0.3) is 0 Å². The average molecular weight is 356 g/mol. The molecular weight excluding hydrogens is 336 g/mol. The second-order valence-electron chi connectivity index (χ2n) is 5.27. The number of benzene rings is 1. The Morgan fingerprint density at radius 3 is 2.58 bits per heavy atom. The zero-order valence-corrected chi connectivity index (χ0v) is 14.5. The number of nitrogens with zero attached hydrogens (tertiary/aromatic N) is 2. The number of carbonyl (C=O) groups excluding carboxylic acids is 1. The molecule has 132 valence electrons. The summed E-state index contributed by atoms with van der Waals surface area (Å²) < 4.78 is 4.93. The number of hydrogen-bond acceptors (Lipinski definition) is 6. The van der Waals surface area contributed by atoms with Gasteiger partial charge in [-0.05, 0) is 25.5 Å². The van der Waals surface area contributed by atoms with Crippen LogP contribution in [0.5, 0.6) is 5.75 Å². The fourth-order valence-corrected chi connectivity index (χ4v) is 2.87. The average Bonchev–Trinajstić information content (AvgIpc) is 2.51. The summed E-state index contributed by atoms with van der Waals surface area (Å²) >= 11 is 1.27. The molecule has 0 saturated heterocycles. The van der Waals surface area contributed by atoms with Gasteiger partial charge in [-0.1, -0.05) is 6.07 Å². The number of thioether (sulfide) groups is 1. The standard InChI is InChI=1S/C15H20N2O6S/c1-10(2)16(7-15(19)20)14(18)9-24-8-11-4-5-13(23-3)12(6-11)17(21)22/h4-6,10H,7-9H2,1-3H3,(H,19,20). The molecule has 1 amide bonds. The number of nitro groups is 1. The van der Waals surface area contributed by atoms with Gasteiger partial charge >= 0.3 is 11.7 Å². The number of carboxylic acid groups (broad SMARTS) is 1. The van der Waals surface area contributed by atoms with Crippen molar-refractivity contribution in [1.29, 1.82) is 0 Å². The predicted octanol–water partition coefficient (Wildman–Crippen LogP) is 2.16. The van der Waals surface area contributed by atoms with Crippen molar-refractivity contribution >= 4 is 29.3 Å². The molecule has 1 aromatic carbocycles. The molecule has 0 aliphatic rings. The van der Waals surface area contributed by atoms with Crippen LogP contribution in [0.1, 0.15) is 19.4 Å². The summed E-state index contributed by atoms with van der Waals surface area (Å²) in [5.41, 5.74) is 0.561. The van der Waals surface area contributed by atoms with Crippen LogP contribution < -0.4 is 4.74 Å². The minimum atomic E-state index is -1.06. The van der Waals surface area contributed by atoms with Crippen molar-refractivity contribution in [3.05, 3.63) is 33.9 Å². The Hall–Kier alpha value is -2.29.